The summed E-state index contributed by atoms with van der Waals surface area (Å²) in [5.74, 6) is -1.25. The van der Waals surface area contributed by atoms with Gasteiger partial charge in [-0.25, -0.2) is 8.42 Å². The van der Waals surface area contributed by atoms with E-state index >= 15 is 0 Å². The van der Waals surface area contributed by atoms with Gasteiger partial charge < -0.3 is 14.7 Å². The molecule has 21 heavy (non-hydrogen) atoms. The minimum Gasteiger partial charge on any atom is -0.481 e. The van der Waals surface area contributed by atoms with E-state index in [1.165, 1.54) is 0 Å². The molecule has 0 aliphatic carbocycles. The molecule has 120 valence electrons. The summed E-state index contributed by atoms with van der Waals surface area (Å²) in [5.41, 5.74) is -0.898. The highest BCUT2D eigenvalue weighted by atomic mass is 32.2. The third-order valence-electron chi connectivity index (χ3n) is 4.39. The lowest BCUT2D eigenvalue weighted by atomic mass is 9.74. The van der Waals surface area contributed by atoms with Gasteiger partial charge in [0, 0.05) is 38.3 Å². The first-order valence-electron chi connectivity index (χ1n) is 7.01. The van der Waals surface area contributed by atoms with Crippen LogP contribution in [0.25, 0.3) is 0 Å². The second-order valence-electron chi connectivity index (χ2n) is 5.99. The van der Waals surface area contributed by atoms with Gasteiger partial charge in [0.2, 0.25) is 5.91 Å². The number of sulfone groups is 1. The molecule has 0 unspecified atom stereocenters. The second-order valence-corrected chi connectivity index (χ2v) is 8.25. The number of carboxylic acids is 1. The molecule has 0 aromatic rings. The number of hydrogen-bond acceptors (Lipinski definition) is 5. The number of hydrogen-bond donors (Lipinski definition) is 1. The Kier molecular flexibility index (Phi) is 4.57. The van der Waals surface area contributed by atoms with E-state index in [2.05, 4.69) is 0 Å². The zero-order valence-corrected chi connectivity index (χ0v) is 12.9. The van der Waals surface area contributed by atoms with E-state index in [0.717, 1.165) is 6.26 Å². The lowest BCUT2D eigenvalue weighted by Crippen LogP contribution is -2.45. The number of ether oxygens (including phenoxy) is 1. The van der Waals surface area contributed by atoms with Crippen molar-refractivity contribution >= 4 is 21.7 Å². The van der Waals surface area contributed by atoms with Gasteiger partial charge in [0.25, 0.3) is 0 Å². The van der Waals surface area contributed by atoms with Crippen LogP contribution in [0.4, 0.5) is 0 Å². The van der Waals surface area contributed by atoms with Crippen LogP contribution in [0.1, 0.15) is 19.3 Å². The molecule has 1 amide bonds. The number of amides is 1. The maximum absolute atomic E-state index is 12.1. The molecule has 8 heteroatoms. The van der Waals surface area contributed by atoms with Crippen molar-refractivity contribution < 1.29 is 27.9 Å². The van der Waals surface area contributed by atoms with E-state index in [1.807, 2.05) is 0 Å². The summed E-state index contributed by atoms with van der Waals surface area (Å²) in [6.07, 6.45) is 1.96. The Balaban J connectivity index is 1.96. The molecule has 0 radical (unpaired) electrons. The van der Waals surface area contributed by atoms with Gasteiger partial charge in [-0.1, -0.05) is 0 Å². The van der Waals surface area contributed by atoms with E-state index in [4.69, 9.17) is 4.74 Å². The number of carbonyl (C=O) groups excluding carboxylic acids is 1. The predicted molar refractivity (Wildman–Crippen MR) is 74.5 cm³/mol. The Hall–Kier alpha value is -1.15. The number of fused-ring (bicyclic) bond motifs is 1. The molecule has 2 rings (SSSR count). The number of aliphatic carboxylic acids is 1. The monoisotopic (exact) mass is 319 g/mol. The summed E-state index contributed by atoms with van der Waals surface area (Å²) in [6, 6.07) is 0. The highest BCUT2D eigenvalue weighted by molar-refractivity contribution is 7.90. The van der Waals surface area contributed by atoms with Crippen molar-refractivity contribution in [3.05, 3.63) is 0 Å². The quantitative estimate of drug-likeness (QED) is 0.750. The Labute approximate surface area is 124 Å². The molecule has 0 bridgehead atoms. The molecule has 2 heterocycles. The number of carbonyl (C=O) groups is 2. The summed E-state index contributed by atoms with van der Waals surface area (Å²) < 4.78 is 27.5. The standard InChI is InChI=1S/C13H21NO6S/c1-21(18,19)6-2-3-11(15)14-7-10-8-20-5-4-13(10,9-14)12(16)17/h10H,2-9H2,1H3,(H,16,17)/t10-,13+/m0/s1. The summed E-state index contributed by atoms with van der Waals surface area (Å²) in [7, 11) is -3.07. The van der Waals surface area contributed by atoms with Gasteiger partial charge in [0.15, 0.2) is 0 Å². The maximum atomic E-state index is 12.1. The molecule has 2 aliphatic rings. The van der Waals surface area contributed by atoms with Crippen LogP contribution >= 0.6 is 0 Å². The van der Waals surface area contributed by atoms with Crippen molar-refractivity contribution in [2.24, 2.45) is 11.3 Å². The van der Waals surface area contributed by atoms with Crippen LogP contribution in [0.3, 0.4) is 0 Å². The van der Waals surface area contributed by atoms with Crippen LogP contribution < -0.4 is 0 Å². The summed E-state index contributed by atoms with van der Waals surface area (Å²) in [6.45, 7) is 1.34. The van der Waals surface area contributed by atoms with Crippen molar-refractivity contribution in [3.63, 3.8) is 0 Å². The summed E-state index contributed by atoms with van der Waals surface area (Å²) in [4.78, 5) is 25.3. The average Bonchev–Trinajstić information content (AvgIpc) is 2.77. The number of rotatable bonds is 5. The Morgan fingerprint density at radius 2 is 2.14 bits per heavy atom. The highest BCUT2D eigenvalue weighted by Gasteiger charge is 2.54. The number of nitrogens with zero attached hydrogens (tertiary/aromatic N) is 1. The molecule has 0 spiro atoms. The van der Waals surface area contributed by atoms with Gasteiger partial charge in [-0.2, -0.15) is 0 Å². The fraction of sp³-hybridized carbons (Fsp3) is 0.846. The predicted octanol–water partition coefficient (Wildman–Crippen LogP) is -0.239. The Morgan fingerprint density at radius 1 is 1.43 bits per heavy atom. The zero-order chi connectivity index (χ0) is 15.7. The van der Waals surface area contributed by atoms with Gasteiger partial charge in [0.1, 0.15) is 9.84 Å². The molecular formula is C13H21NO6S. The molecule has 2 fully saturated rings. The molecule has 0 aromatic heterocycles. The van der Waals surface area contributed by atoms with Gasteiger partial charge in [-0.3, -0.25) is 9.59 Å². The second kappa shape index (κ2) is 5.92. The minimum absolute atomic E-state index is 0.0246. The first-order chi connectivity index (χ1) is 9.74. The highest BCUT2D eigenvalue weighted by Crippen LogP contribution is 2.42. The molecule has 2 aliphatic heterocycles. The molecule has 1 N–H and O–H groups in total. The van der Waals surface area contributed by atoms with Crippen molar-refractivity contribution in [2.45, 2.75) is 19.3 Å². The Morgan fingerprint density at radius 3 is 2.71 bits per heavy atom. The Bertz CT molecular complexity index is 531. The van der Waals surface area contributed by atoms with Crippen LogP contribution in [-0.2, 0) is 24.2 Å². The fourth-order valence-corrected chi connectivity index (χ4v) is 3.80. The smallest absolute Gasteiger partial charge is 0.311 e. The molecular weight excluding hydrogens is 298 g/mol. The third kappa shape index (κ3) is 3.55. The largest absolute Gasteiger partial charge is 0.481 e. The van der Waals surface area contributed by atoms with Crippen molar-refractivity contribution in [1.29, 1.82) is 0 Å². The SMILES string of the molecule is CS(=O)(=O)CCCC(=O)N1C[C@H]2COCC[C@@]2(C(=O)O)C1. The molecule has 7 nitrogen and oxygen atoms in total. The van der Waals surface area contributed by atoms with E-state index in [1.54, 1.807) is 4.90 Å². The van der Waals surface area contributed by atoms with E-state index in [9.17, 15) is 23.1 Å². The van der Waals surface area contributed by atoms with Crippen molar-refractivity contribution in [3.8, 4) is 0 Å². The van der Waals surface area contributed by atoms with Crippen LogP contribution in [0.15, 0.2) is 0 Å². The third-order valence-corrected chi connectivity index (χ3v) is 5.42. The summed E-state index contributed by atoms with van der Waals surface area (Å²) >= 11 is 0. The first-order valence-corrected chi connectivity index (χ1v) is 9.07. The maximum Gasteiger partial charge on any atom is 0.311 e. The molecule has 2 atom stereocenters. The molecule has 2 saturated heterocycles. The van der Waals surface area contributed by atoms with E-state index < -0.39 is 21.2 Å². The topological polar surface area (TPSA) is 101 Å². The van der Waals surface area contributed by atoms with Gasteiger partial charge in [-0.15, -0.1) is 0 Å². The fourth-order valence-electron chi connectivity index (χ4n) is 3.13. The van der Waals surface area contributed by atoms with Crippen LogP contribution in [0.2, 0.25) is 0 Å². The first kappa shape index (κ1) is 16.2. The van der Waals surface area contributed by atoms with Crippen molar-refractivity contribution in [2.75, 3.05) is 38.3 Å². The van der Waals surface area contributed by atoms with Gasteiger partial charge in [-0.05, 0) is 12.8 Å². The van der Waals surface area contributed by atoms with Crippen molar-refractivity contribution in [1.82, 2.24) is 4.90 Å². The van der Waals surface area contributed by atoms with Gasteiger partial charge in [0.05, 0.1) is 17.8 Å². The average molecular weight is 319 g/mol. The molecule has 0 aromatic carbocycles. The van der Waals surface area contributed by atoms with E-state index in [-0.39, 0.29) is 37.0 Å². The van der Waals surface area contributed by atoms with E-state index in [0.29, 0.717) is 26.2 Å². The number of likely N-dealkylation sites (tertiary alicyclic amines) is 1. The van der Waals surface area contributed by atoms with Gasteiger partial charge >= 0.3 is 5.97 Å². The minimum atomic E-state index is -3.07. The zero-order valence-electron chi connectivity index (χ0n) is 12.1. The van der Waals surface area contributed by atoms with Crippen LogP contribution in [0, 0.1) is 11.3 Å². The molecule has 0 saturated carbocycles. The number of carboxylic acid groups (broad SMARTS) is 1. The lowest BCUT2D eigenvalue weighted by molar-refractivity contribution is -0.157. The van der Waals surface area contributed by atoms with Crippen LogP contribution in [0.5, 0.6) is 0 Å². The van der Waals surface area contributed by atoms with Crippen LogP contribution in [-0.4, -0.2) is 68.6 Å². The normalized spacial score (nSPS) is 29.2. The lowest BCUT2D eigenvalue weighted by Gasteiger charge is -2.33. The summed E-state index contributed by atoms with van der Waals surface area (Å²) in [5, 5.41) is 9.51.